The SMILES string of the molecule is COc1cc2c(cc1OC)C(CCc1cc(Cl)ccc1C(F)(F)F)N(C(C(N)=O)c1ccccc1)CC2. The quantitative estimate of drug-likeness (QED) is 0.379. The molecule has 0 saturated heterocycles. The molecule has 0 aromatic heterocycles. The number of nitrogens with two attached hydrogens (primary N) is 1. The molecule has 2 unspecified atom stereocenters. The lowest BCUT2D eigenvalue weighted by Crippen LogP contribution is -2.44. The highest BCUT2D eigenvalue weighted by Crippen LogP contribution is 2.44. The fourth-order valence-electron chi connectivity index (χ4n) is 5.17. The molecule has 5 nitrogen and oxygen atoms in total. The molecule has 0 spiro atoms. The number of benzene rings is 3. The summed E-state index contributed by atoms with van der Waals surface area (Å²) in [6.45, 7) is 0.483. The van der Waals surface area contributed by atoms with E-state index >= 15 is 0 Å². The minimum Gasteiger partial charge on any atom is -0.493 e. The van der Waals surface area contributed by atoms with Crippen LogP contribution in [0.3, 0.4) is 0 Å². The first-order valence-corrected chi connectivity index (χ1v) is 12.2. The van der Waals surface area contributed by atoms with Crippen LogP contribution in [0.25, 0.3) is 0 Å². The predicted octanol–water partition coefficient (Wildman–Crippen LogP) is 6.13. The van der Waals surface area contributed by atoms with E-state index in [2.05, 4.69) is 0 Å². The van der Waals surface area contributed by atoms with Gasteiger partial charge in [-0.25, -0.2) is 0 Å². The average Bonchev–Trinajstić information content (AvgIpc) is 2.86. The molecule has 2 N–H and O–H groups in total. The first-order chi connectivity index (χ1) is 17.6. The van der Waals surface area contributed by atoms with Crippen molar-refractivity contribution in [3.63, 3.8) is 0 Å². The summed E-state index contributed by atoms with van der Waals surface area (Å²) in [6.07, 6.45) is -3.53. The number of methoxy groups -OCH3 is 2. The Morgan fingerprint density at radius 1 is 1.08 bits per heavy atom. The van der Waals surface area contributed by atoms with Crippen LogP contribution in [0, 0.1) is 0 Å². The van der Waals surface area contributed by atoms with E-state index in [9.17, 15) is 18.0 Å². The lowest BCUT2D eigenvalue weighted by Gasteiger charge is -2.42. The molecule has 9 heteroatoms. The number of hydrogen-bond donors (Lipinski definition) is 1. The van der Waals surface area contributed by atoms with Crippen molar-refractivity contribution >= 4 is 17.5 Å². The number of carbonyl (C=O) groups is 1. The van der Waals surface area contributed by atoms with Crippen molar-refractivity contribution in [2.24, 2.45) is 5.73 Å². The van der Waals surface area contributed by atoms with Crippen LogP contribution in [0.5, 0.6) is 11.5 Å². The molecule has 3 aromatic carbocycles. The monoisotopic (exact) mass is 532 g/mol. The molecule has 0 radical (unpaired) electrons. The second-order valence-electron chi connectivity index (χ2n) is 8.96. The maximum Gasteiger partial charge on any atom is 0.416 e. The summed E-state index contributed by atoms with van der Waals surface area (Å²) < 4.78 is 52.2. The lowest BCUT2D eigenvalue weighted by atomic mass is 9.85. The molecule has 1 aliphatic heterocycles. The number of fused-ring (bicyclic) bond motifs is 1. The zero-order valence-electron chi connectivity index (χ0n) is 20.5. The molecule has 1 heterocycles. The Morgan fingerprint density at radius 2 is 1.76 bits per heavy atom. The number of nitrogens with zero attached hydrogens (tertiary/aromatic N) is 1. The van der Waals surface area contributed by atoms with Crippen LogP contribution in [0.2, 0.25) is 5.02 Å². The van der Waals surface area contributed by atoms with Gasteiger partial charge in [0.15, 0.2) is 11.5 Å². The smallest absolute Gasteiger partial charge is 0.416 e. The fraction of sp³-hybridized carbons (Fsp3) is 0.321. The van der Waals surface area contributed by atoms with Crippen molar-refractivity contribution in [3.05, 3.63) is 93.5 Å². The summed E-state index contributed by atoms with van der Waals surface area (Å²) >= 11 is 6.07. The van der Waals surface area contributed by atoms with Gasteiger partial charge in [0.05, 0.1) is 19.8 Å². The number of ether oxygens (including phenoxy) is 2. The van der Waals surface area contributed by atoms with Crippen molar-refractivity contribution in [1.82, 2.24) is 4.90 Å². The largest absolute Gasteiger partial charge is 0.493 e. The molecule has 0 aliphatic carbocycles. The third kappa shape index (κ3) is 5.70. The molecular formula is C28H28ClF3N2O3. The topological polar surface area (TPSA) is 64.8 Å². The molecule has 3 aromatic rings. The Morgan fingerprint density at radius 3 is 2.38 bits per heavy atom. The highest BCUT2D eigenvalue weighted by atomic mass is 35.5. The zero-order valence-corrected chi connectivity index (χ0v) is 21.3. The number of primary amides is 1. The van der Waals surface area contributed by atoms with Crippen LogP contribution in [0.15, 0.2) is 60.7 Å². The van der Waals surface area contributed by atoms with Crippen LogP contribution < -0.4 is 15.2 Å². The number of rotatable bonds is 8. The van der Waals surface area contributed by atoms with Gasteiger partial charge in [-0.1, -0.05) is 41.9 Å². The summed E-state index contributed by atoms with van der Waals surface area (Å²) in [5, 5.41) is 0.231. The van der Waals surface area contributed by atoms with Crippen LogP contribution in [-0.2, 0) is 23.8 Å². The number of amides is 1. The Kier molecular flexibility index (Phi) is 7.99. The van der Waals surface area contributed by atoms with E-state index < -0.39 is 29.7 Å². The van der Waals surface area contributed by atoms with Crippen LogP contribution in [-0.4, -0.2) is 31.6 Å². The molecule has 0 saturated carbocycles. The van der Waals surface area contributed by atoms with Crippen LogP contribution in [0.4, 0.5) is 13.2 Å². The zero-order chi connectivity index (χ0) is 26.7. The maximum atomic E-state index is 13.8. The minimum absolute atomic E-state index is 0.0879. The number of halogens is 4. The Hall–Kier alpha value is -3.23. The molecule has 0 fully saturated rings. The van der Waals surface area contributed by atoms with Crippen LogP contribution >= 0.6 is 11.6 Å². The van der Waals surface area contributed by atoms with Gasteiger partial charge in [0.25, 0.3) is 0 Å². The average molecular weight is 533 g/mol. The van der Waals surface area contributed by atoms with Crippen LogP contribution in [0.1, 0.15) is 46.3 Å². The second kappa shape index (κ2) is 11.0. The van der Waals surface area contributed by atoms with Gasteiger partial charge in [-0.3, -0.25) is 9.69 Å². The molecule has 2 atom stereocenters. The number of carbonyl (C=O) groups excluding carboxylic acids is 1. The summed E-state index contributed by atoms with van der Waals surface area (Å²) in [5.74, 6) is 0.540. The Balaban J connectivity index is 1.80. The van der Waals surface area contributed by atoms with E-state index in [-0.39, 0.29) is 17.0 Å². The minimum atomic E-state index is -4.51. The van der Waals surface area contributed by atoms with Gasteiger partial charge in [-0.15, -0.1) is 0 Å². The predicted molar refractivity (Wildman–Crippen MR) is 136 cm³/mol. The van der Waals surface area contributed by atoms with Gasteiger partial charge >= 0.3 is 6.18 Å². The third-order valence-corrected chi connectivity index (χ3v) is 7.06. The van der Waals surface area contributed by atoms with Gasteiger partial charge in [-0.2, -0.15) is 13.2 Å². The molecule has 37 heavy (non-hydrogen) atoms. The summed E-state index contributed by atoms with van der Waals surface area (Å²) in [4.78, 5) is 14.7. The van der Waals surface area contributed by atoms with Crippen molar-refractivity contribution in [1.29, 1.82) is 0 Å². The van der Waals surface area contributed by atoms with E-state index in [4.69, 9.17) is 26.8 Å². The van der Waals surface area contributed by atoms with Gasteiger partial charge in [0, 0.05) is 17.6 Å². The summed E-state index contributed by atoms with van der Waals surface area (Å²) in [5.41, 5.74) is 7.85. The summed E-state index contributed by atoms with van der Waals surface area (Å²) in [7, 11) is 3.07. The Labute approximate surface area is 218 Å². The highest BCUT2D eigenvalue weighted by Gasteiger charge is 2.38. The van der Waals surface area contributed by atoms with E-state index in [1.165, 1.54) is 19.2 Å². The highest BCUT2D eigenvalue weighted by molar-refractivity contribution is 6.30. The van der Waals surface area contributed by atoms with Gasteiger partial charge in [-0.05, 0) is 71.8 Å². The standard InChI is InChI=1S/C28H28ClF3N2O3/c1-36-24-15-18-12-13-34(26(27(33)35)17-6-4-3-5-7-17)23(21(18)16-25(24)37-2)11-8-19-14-20(29)9-10-22(19)28(30,31)32/h3-7,9-10,14-16,23,26H,8,11-13H2,1-2H3,(H2,33,35). The van der Waals surface area contributed by atoms with Crippen molar-refractivity contribution < 1.29 is 27.4 Å². The summed E-state index contributed by atoms with van der Waals surface area (Å²) in [6, 6.07) is 15.3. The number of hydrogen-bond acceptors (Lipinski definition) is 4. The number of alkyl halides is 3. The second-order valence-corrected chi connectivity index (χ2v) is 9.40. The third-order valence-electron chi connectivity index (χ3n) is 6.82. The van der Waals surface area contributed by atoms with E-state index in [0.717, 1.165) is 22.8 Å². The number of aryl methyl sites for hydroxylation is 1. The normalized spacial score (nSPS) is 16.6. The van der Waals surface area contributed by atoms with Gasteiger partial charge in [0.1, 0.15) is 6.04 Å². The lowest BCUT2D eigenvalue weighted by molar-refractivity contribution is -0.138. The molecular weight excluding hydrogens is 505 g/mol. The molecule has 4 rings (SSSR count). The van der Waals surface area contributed by atoms with E-state index in [0.29, 0.717) is 30.9 Å². The Bertz CT molecular complexity index is 1270. The first kappa shape index (κ1) is 26.8. The van der Waals surface area contributed by atoms with Crippen molar-refractivity contribution in [2.75, 3.05) is 20.8 Å². The van der Waals surface area contributed by atoms with Crippen molar-refractivity contribution in [2.45, 2.75) is 37.5 Å². The van der Waals surface area contributed by atoms with E-state index in [1.54, 1.807) is 7.11 Å². The first-order valence-electron chi connectivity index (χ1n) is 11.8. The van der Waals surface area contributed by atoms with Gasteiger partial charge in [0.2, 0.25) is 5.91 Å². The molecule has 0 bridgehead atoms. The van der Waals surface area contributed by atoms with Crippen molar-refractivity contribution in [3.8, 4) is 11.5 Å². The molecule has 1 aliphatic rings. The van der Waals surface area contributed by atoms with E-state index in [1.807, 2.05) is 47.4 Å². The van der Waals surface area contributed by atoms with Gasteiger partial charge < -0.3 is 15.2 Å². The maximum absolute atomic E-state index is 13.8. The molecule has 1 amide bonds. The molecule has 196 valence electrons. The fourth-order valence-corrected chi connectivity index (χ4v) is 5.37.